The fraction of sp³-hybridized carbons (Fsp3) is 0.143. The highest BCUT2D eigenvalue weighted by atomic mass is 32.2. The zero-order chi connectivity index (χ0) is 18.8. The van der Waals surface area contributed by atoms with Crippen molar-refractivity contribution >= 4 is 27.3 Å². The molecule has 27 heavy (non-hydrogen) atoms. The monoisotopic (exact) mass is 376 g/mol. The Morgan fingerprint density at radius 2 is 1.74 bits per heavy atom. The minimum atomic E-state index is -1.30. The van der Waals surface area contributed by atoms with Crippen LogP contribution in [-0.2, 0) is 16.6 Å². The van der Waals surface area contributed by atoms with Crippen molar-refractivity contribution in [1.82, 2.24) is 14.5 Å². The Hall–Kier alpha value is -2.99. The molecule has 4 aromatic rings. The number of aromatic nitrogens is 3. The third kappa shape index (κ3) is 3.36. The van der Waals surface area contributed by atoms with E-state index >= 15 is 0 Å². The molecule has 0 amide bonds. The number of anilines is 1. The second-order valence-corrected chi connectivity index (χ2v) is 7.79. The molecule has 6 heteroatoms. The Morgan fingerprint density at radius 3 is 2.59 bits per heavy atom. The summed E-state index contributed by atoms with van der Waals surface area (Å²) < 4.78 is 15.0. The van der Waals surface area contributed by atoms with Crippen LogP contribution in [0.3, 0.4) is 0 Å². The van der Waals surface area contributed by atoms with Gasteiger partial charge in [0.05, 0.1) is 16.6 Å². The van der Waals surface area contributed by atoms with Crippen molar-refractivity contribution in [2.24, 2.45) is 0 Å². The summed E-state index contributed by atoms with van der Waals surface area (Å²) >= 11 is 0. The van der Waals surface area contributed by atoms with Gasteiger partial charge in [-0.1, -0.05) is 42.5 Å². The summed E-state index contributed by atoms with van der Waals surface area (Å²) in [6, 6.07) is 18.0. The molecular weight excluding hydrogens is 356 g/mol. The van der Waals surface area contributed by atoms with Crippen LogP contribution in [0.2, 0.25) is 0 Å². The molecule has 1 atom stereocenters. The van der Waals surface area contributed by atoms with Crippen LogP contribution in [0, 0.1) is 0 Å². The van der Waals surface area contributed by atoms with Gasteiger partial charge in [0.25, 0.3) is 0 Å². The van der Waals surface area contributed by atoms with Gasteiger partial charge in [-0.3, -0.25) is 8.78 Å². The quantitative estimate of drug-likeness (QED) is 0.532. The average Bonchev–Trinajstić information content (AvgIpc) is 3.17. The Bertz CT molecular complexity index is 1110. The van der Waals surface area contributed by atoms with E-state index in [1.165, 1.54) is 0 Å². The van der Waals surface area contributed by atoms with E-state index in [1.54, 1.807) is 12.4 Å². The molecule has 5 nitrogen and oxygen atoms in total. The lowest BCUT2D eigenvalue weighted by molar-refractivity contribution is 0.671. The van der Waals surface area contributed by atoms with Crippen LogP contribution in [0.5, 0.6) is 0 Å². The van der Waals surface area contributed by atoms with Crippen LogP contribution in [0.4, 0.5) is 5.69 Å². The van der Waals surface area contributed by atoms with Gasteiger partial charge in [0.1, 0.15) is 5.82 Å². The molecule has 0 radical (unpaired) electrons. The van der Waals surface area contributed by atoms with E-state index in [2.05, 4.69) is 9.97 Å². The van der Waals surface area contributed by atoms with Crippen LogP contribution in [-0.4, -0.2) is 32.8 Å². The first-order chi connectivity index (χ1) is 13.1. The predicted octanol–water partition coefficient (Wildman–Crippen LogP) is 3.79. The van der Waals surface area contributed by atoms with Crippen LogP contribution < -0.4 is 4.90 Å². The molecule has 136 valence electrons. The number of pyridine rings is 1. The maximum absolute atomic E-state index is 13.2. The lowest BCUT2D eigenvalue weighted by atomic mass is 10.1. The van der Waals surface area contributed by atoms with E-state index in [-0.39, 0.29) is 0 Å². The molecule has 4 rings (SSSR count). The van der Waals surface area contributed by atoms with Crippen LogP contribution in [0.1, 0.15) is 5.56 Å². The first-order valence-electron chi connectivity index (χ1n) is 8.66. The topological polar surface area (TPSA) is 51.0 Å². The molecule has 2 aromatic heterocycles. The second kappa shape index (κ2) is 7.32. The third-order valence-corrected chi connectivity index (χ3v) is 5.73. The summed E-state index contributed by atoms with van der Waals surface area (Å²) in [4.78, 5) is 10.9. The SMILES string of the molecule is CN(C)c1ccccc1CS(=O)c1nccn1-c1nccc2ccccc12. The van der Waals surface area contributed by atoms with Crippen LogP contribution in [0.25, 0.3) is 16.6 Å². The van der Waals surface area contributed by atoms with Crippen molar-refractivity contribution in [2.75, 3.05) is 19.0 Å². The largest absolute Gasteiger partial charge is 0.377 e. The maximum Gasteiger partial charge on any atom is 0.205 e. The van der Waals surface area contributed by atoms with E-state index in [1.807, 2.05) is 84.4 Å². The van der Waals surface area contributed by atoms with Gasteiger partial charge < -0.3 is 4.90 Å². The third-order valence-electron chi connectivity index (χ3n) is 4.45. The molecule has 0 bridgehead atoms. The van der Waals surface area contributed by atoms with Gasteiger partial charge in [-0.2, -0.15) is 0 Å². The summed E-state index contributed by atoms with van der Waals surface area (Å²) in [7, 11) is 2.68. The molecular formula is C21H20N4OS. The van der Waals surface area contributed by atoms with Crippen molar-refractivity contribution in [2.45, 2.75) is 10.9 Å². The van der Waals surface area contributed by atoms with Gasteiger partial charge in [-0.25, -0.2) is 9.97 Å². The first-order valence-corrected chi connectivity index (χ1v) is 9.98. The Kier molecular flexibility index (Phi) is 4.73. The van der Waals surface area contributed by atoms with Gasteiger partial charge in [-0.15, -0.1) is 0 Å². The zero-order valence-electron chi connectivity index (χ0n) is 15.2. The van der Waals surface area contributed by atoms with Crippen LogP contribution >= 0.6 is 0 Å². The molecule has 0 fully saturated rings. The fourth-order valence-electron chi connectivity index (χ4n) is 3.19. The van der Waals surface area contributed by atoms with Crippen molar-refractivity contribution in [1.29, 1.82) is 0 Å². The molecule has 0 aliphatic heterocycles. The van der Waals surface area contributed by atoms with Crippen molar-refractivity contribution < 1.29 is 4.21 Å². The molecule has 1 unspecified atom stereocenters. The van der Waals surface area contributed by atoms with Crippen molar-refractivity contribution in [3.63, 3.8) is 0 Å². The molecule has 0 spiro atoms. The summed E-state index contributed by atoms with van der Waals surface area (Å²) in [5.41, 5.74) is 2.09. The lowest BCUT2D eigenvalue weighted by Crippen LogP contribution is -2.13. The average molecular weight is 376 g/mol. The normalized spacial score (nSPS) is 12.2. The summed E-state index contributed by atoms with van der Waals surface area (Å²) in [6.07, 6.45) is 5.26. The lowest BCUT2D eigenvalue weighted by Gasteiger charge is -2.17. The summed E-state index contributed by atoms with van der Waals surface area (Å²) in [5.74, 6) is 1.14. The number of fused-ring (bicyclic) bond motifs is 1. The molecule has 0 saturated carbocycles. The predicted molar refractivity (Wildman–Crippen MR) is 110 cm³/mol. The smallest absolute Gasteiger partial charge is 0.205 e. The highest BCUT2D eigenvalue weighted by Crippen LogP contribution is 2.25. The Labute approximate surface area is 160 Å². The highest BCUT2D eigenvalue weighted by molar-refractivity contribution is 7.84. The molecule has 2 heterocycles. The number of rotatable bonds is 5. The number of hydrogen-bond acceptors (Lipinski definition) is 4. The van der Waals surface area contributed by atoms with Gasteiger partial charge >= 0.3 is 0 Å². The summed E-state index contributed by atoms with van der Waals surface area (Å²) in [5, 5.41) is 2.60. The fourth-order valence-corrected chi connectivity index (χ4v) is 4.39. The highest BCUT2D eigenvalue weighted by Gasteiger charge is 2.17. The van der Waals surface area contributed by atoms with E-state index in [0.29, 0.717) is 10.9 Å². The Balaban J connectivity index is 1.73. The molecule has 0 saturated heterocycles. The number of benzene rings is 2. The summed E-state index contributed by atoms with van der Waals surface area (Å²) in [6.45, 7) is 0. The number of imidazole rings is 1. The standard InChI is InChI=1S/C21H20N4OS/c1-24(2)19-10-6-4-8-17(19)15-27(26)21-23-13-14-25(21)20-18-9-5-3-7-16(18)11-12-22-20/h3-14H,15H2,1-2H3. The Morgan fingerprint density at radius 1 is 0.963 bits per heavy atom. The van der Waals surface area contributed by atoms with E-state index < -0.39 is 10.8 Å². The minimum Gasteiger partial charge on any atom is -0.377 e. The zero-order valence-corrected chi connectivity index (χ0v) is 16.1. The molecule has 2 aromatic carbocycles. The molecule has 0 aliphatic carbocycles. The maximum atomic E-state index is 13.2. The molecule has 0 aliphatic rings. The number of nitrogens with zero attached hydrogens (tertiary/aromatic N) is 4. The number of para-hydroxylation sites is 1. The van der Waals surface area contributed by atoms with Crippen molar-refractivity contribution in [3.05, 3.63) is 78.8 Å². The first kappa shape index (κ1) is 17.4. The van der Waals surface area contributed by atoms with Gasteiger partial charge in [0, 0.05) is 43.8 Å². The van der Waals surface area contributed by atoms with Gasteiger partial charge in [0.2, 0.25) is 5.16 Å². The minimum absolute atomic E-state index is 0.399. The van der Waals surface area contributed by atoms with E-state index in [4.69, 9.17) is 0 Å². The van der Waals surface area contributed by atoms with Crippen LogP contribution in [0.15, 0.2) is 78.3 Å². The number of hydrogen-bond donors (Lipinski definition) is 0. The van der Waals surface area contributed by atoms with E-state index in [9.17, 15) is 4.21 Å². The second-order valence-electron chi connectivity index (χ2n) is 6.45. The van der Waals surface area contributed by atoms with E-state index in [0.717, 1.165) is 27.8 Å². The molecule has 0 N–H and O–H groups in total. The van der Waals surface area contributed by atoms with Gasteiger partial charge in [-0.05, 0) is 23.1 Å². The van der Waals surface area contributed by atoms with Crippen molar-refractivity contribution in [3.8, 4) is 5.82 Å². The van der Waals surface area contributed by atoms with Gasteiger partial charge in [0.15, 0.2) is 0 Å².